The van der Waals surface area contributed by atoms with Gasteiger partial charge in [-0.2, -0.15) is 13.8 Å². The molecule has 43 heavy (non-hydrogen) atoms. The van der Waals surface area contributed by atoms with Gasteiger partial charge < -0.3 is 14.2 Å². The molecule has 11 heteroatoms. The van der Waals surface area contributed by atoms with Crippen LogP contribution >= 0.6 is 0 Å². The van der Waals surface area contributed by atoms with Crippen molar-refractivity contribution in [3.8, 4) is 17.1 Å². The molecule has 0 atom stereocenters. The zero-order valence-corrected chi connectivity index (χ0v) is 24.7. The largest absolute Gasteiger partial charge is 0.432 e. The fourth-order valence-corrected chi connectivity index (χ4v) is 7.80. The Bertz CT molecular complexity index is 1510. The summed E-state index contributed by atoms with van der Waals surface area (Å²) in [5, 5.41) is 4.28. The van der Waals surface area contributed by atoms with Crippen molar-refractivity contribution in [2.45, 2.75) is 102 Å². The van der Waals surface area contributed by atoms with Gasteiger partial charge >= 0.3 is 6.61 Å². The van der Waals surface area contributed by atoms with Crippen molar-refractivity contribution >= 4 is 11.6 Å². The number of rotatable bonds is 8. The molecule has 8 nitrogen and oxygen atoms in total. The van der Waals surface area contributed by atoms with Crippen LogP contribution in [0, 0.1) is 10.8 Å². The van der Waals surface area contributed by atoms with Crippen molar-refractivity contribution in [3.05, 3.63) is 48.4 Å². The molecule has 0 radical (unpaired) electrons. The van der Waals surface area contributed by atoms with E-state index in [1.807, 2.05) is 29.2 Å². The zero-order chi connectivity index (χ0) is 30.3. The molecule has 0 saturated heterocycles. The summed E-state index contributed by atoms with van der Waals surface area (Å²) in [6.45, 7) is 3.81. The molecule has 0 spiro atoms. The van der Waals surface area contributed by atoms with Gasteiger partial charge in [0.25, 0.3) is 0 Å². The molecule has 6 fully saturated rings. The van der Waals surface area contributed by atoms with Gasteiger partial charge in [-0.05, 0) is 75.3 Å². The van der Waals surface area contributed by atoms with E-state index in [4.69, 9.17) is 9.51 Å². The van der Waals surface area contributed by atoms with E-state index in [2.05, 4.69) is 40.6 Å². The van der Waals surface area contributed by atoms with E-state index in [0.717, 1.165) is 50.2 Å². The van der Waals surface area contributed by atoms with Crippen LogP contribution in [0.2, 0.25) is 0 Å². The normalized spacial score (nSPS) is 31.0. The van der Waals surface area contributed by atoms with Gasteiger partial charge in [-0.15, -0.1) is 0 Å². The number of fused-ring (bicyclic) bond motifs is 3. The minimum atomic E-state index is -2.96. The van der Waals surface area contributed by atoms with E-state index < -0.39 is 17.7 Å². The van der Waals surface area contributed by atoms with Crippen LogP contribution in [0.1, 0.15) is 90.3 Å². The molecule has 6 saturated carbocycles. The SMILES string of the molecule is CC(C)(C)c1noc(C23CCC(CN(C(=O)C45CC(F)(C4)C5)c4cccc(-c5ncc(OC(F)F)cn5)c4)(CC2)CC3)n1. The predicted molar refractivity (Wildman–Crippen MR) is 151 cm³/mol. The quantitative estimate of drug-likeness (QED) is 0.278. The summed E-state index contributed by atoms with van der Waals surface area (Å²) in [7, 11) is 0. The number of carbonyl (C=O) groups is 1. The Morgan fingerprint density at radius 3 is 2.26 bits per heavy atom. The first-order valence-corrected chi connectivity index (χ1v) is 15.0. The van der Waals surface area contributed by atoms with Crippen LogP contribution < -0.4 is 9.64 Å². The number of aromatic nitrogens is 4. The first kappa shape index (κ1) is 28.3. The van der Waals surface area contributed by atoms with Crippen LogP contribution in [0.3, 0.4) is 0 Å². The van der Waals surface area contributed by atoms with Crippen molar-refractivity contribution in [2.24, 2.45) is 10.8 Å². The Kier molecular flexibility index (Phi) is 6.25. The van der Waals surface area contributed by atoms with E-state index in [1.165, 1.54) is 12.4 Å². The number of hydrogen-bond donors (Lipinski definition) is 0. The molecule has 6 aliphatic carbocycles. The van der Waals surface area contributed by atoms with Crippen LogP contribution in [0.4, 0.5) is 18.9 Å². The van der Waals surface area contributed by atoms with Gasteiger partial charge in [0.1, 0.15) is 5.67 Å². The zero-order valence-electron chi connectivity index (χ0n) is 24.7. The molecule has 2 aromatic heterocycles. The summed E-state index contributed by atoms with van der Waals surface area (Å²) in [5.41, 5.74) is -0.850. The van der Waals surface area contributed by atoms with E-state index in [-0.39, 0.29) is 47.2 Å². The number of hydrogen-bond acceptors (Lipinski definition) is 7. The molecule has 1 amide bonds. The molecule has 3 aromatic rings. The Morgan fingerprint density at radius 1 is 1.05 bits per heavy atom. The van der Waals surface area contributed by atoms with E-state index in [9.17, 15) is 18.0 Å². The molecule has 2 heterocycles. The smallest absolute Gasteiger partial charge is 0.387 e. The fraction of sp³-hybridized carbons (Fsp3) is 0.594. The number of amides is 1. The number of alkyl halides is 3. The minimum absolute atomic E-state index is 0.0192. The van der Waals surface area contributed by atoms with Crippen LogP contribution in [0.25, 0.3) is 11.4 Å². The highest BCUT2D eigenvalue weighted by Crippen LogP contribution is 2.70. The molecule has 9 rings (SSSR count). The summed E-state index contributed by atoms with van der Waals surface area (Å²) < 4.78 is 49.9. The topological polar surface area (TPSA) is 94.2 Å². The second kappa shape index (κ2) is 9.50. The van der Waals surface area contributed by atoms with Crippen molar-refractivity contribution < 1.29 is 27.2 Å². The highest BCUT2D eigenvalue weighted by Gasteiger charge is 2.73. The van der Waals surface area contributed by atoms with Crippen molar-refractivity contribution in [1.82, 2.24) is 20.1 Å². The minimum Gasteiger partial charge on any atom is -0.432 e. The van der Waals surface area contributed by atoms with Gasteiger partial charge in [0, 0.05) is 28.6 Å². The third kappa shape index (κ3) is 4.79. The van der Waals surface area contributed by atoms with Crippen molar-refractivity contribution in [3.63, 3.8) is 0 Å². The lowest BCUT2D eigenvalue weighted by atomic mass is 9.41. The number of benzene rings is 1. The Morgan fingerprint density at radius 2 is 1.70 bits per heavy atom. The molecule has 0 aliphatic heterocycles. The third-order valence-corrected chi connectivity index (χ3v) is 10.4. The molecule has 6 aliphatic rings. The summed E-state index contributed by atoms with van der Waals surface area (Å²) in [6, 6.07) is 7.40. The van der Waals surface area contributed by atoms with Crippen LogP contribution in [-0.2, 0) is 15.6 Å². The lowest BCUT2D eigenvalue weighted by Gasteiger charge is -2.65. The van der Waals surface area contributed by atoms with E-state index in [1.54, 1.807) is 0 Å². The molecular formula is C32H36F3N5O3. The number of halogens is 3. The van der Waals surface area contributed by atoms with Crippen LogP contribution in [0.5, 0.6) is 5.75 Å². The maximum Gasteiger partial charge on any atom is 0.387 e. The Labute approximate surface area is 248 Å². The highest BCUT2D eigenvalue weighted by atomic mass is 19.3. The summed E-state index contributed by atoms with van der Waals surface area (Å²) in [5.74, 6) is 1.64. The molecule has 0 unspecified atom stereocenters. The second-order valence-corrected chi connectivity index (χ2v) is 14.5. The summed E-state index contributed by atoms with van der Waals surface area (Å²) in [4.78, 5) is 29.3. The van der Waals surface area contributed by atoms with Crippen LogP contribution in [0.15, 0.2) is 41.2 Å². The maximum absolute atomic E-state index is 14.6. The number of ether oxygens (including phenoxy) is 1. The first-order chi connectivity index (χ1) is 20.3. The monoisotopic (exact) mass is 595 g/mol. The van der Waals surface area contributed by atoms with Gasteiger partial charge in [0.05, 0.1) is 17.8 Å². The molecular weight excluding hydrogens is 559 g/mol. The van der Waals surface area contributed by atoms with Gasteiger partial charge in [0.15, 0.2) is 17.4 Å². The third-order valence-electron chi connectivity index (χ3n) is 10.4. The lowest BCUT2D eigenvalue weighted by molar-refractivity contribution is -0.211. The van der Waals surface area contributed by atoms with Gasteiger partial charge in [-0.1, -0.05) is 38.1 Å². The van der Waals surface area contributed by atoms with Crippen molar-refractivity contribution in [1.29, 1.82) is 0 Å². The number of nitrogens with zero attached hydrogens (tertiary/aromatic N) is 5. The van der Waals surface area contributed by atoms with Crippen LogP contribution in [-0.4, -0.2) is 44.8 Å². The predicted octanol–water partition coefficient (Wildman–Crippen LogP) is 6.94. The fourth-order valence-electron chi connectivity index (χ4n) is 7.80. The summed E-state index contributed by atoms with van der Waals surface area (Å²) in [6.07, 6.45) is 8.80. The average Bonchev–Trinajstić information content (AvgIpc) is 3.47. The molecule has 1 aromatic carbocycles. The van der Waals surface area contributed by atoms with Gasteiger partial charge in [0.2, 0.25) is 11.8 Å². The standard InChI is InChI=1S/C32H36F3N5O3/c1-28(2,3)24-38-25(43-39-24)30-10-7-29(8-11-30,9-12-30)19-40(26(41)31-16-32(35,17-31)18-31)21-6-4-5-20(13-21)23-36-14-22(15-37-23)42-27(33)34/h4-6,13-15,27H,7-12,16-19H2,1-3H3. The van der Waals surface area contributed by atoms with Gasteiger partial charge in [-0.3, -0.25) is 4.79 Å². The first-order valence-electron chi connectivity index (χ1n) is 15.0. The number of carbonyl (C=O) groups excluding carboxylic acids is 1. The van der Waals surface area contributed by atoms with Gasteiger partial charge in [-0.25, -0.2) is 14.4 Å². The molecule has 228 valence electrons. The highest BCUT2D eigenvalue weighted by molar-refractivity contribution is 6.00. The maximum atomic E-state index is 14.6. The Balaban J connectivity index is 1.14. The molecule has 4 bridgehead atoms. The van der Waals surface area contributed by atoms with E-state index in [0.29, 0.717) is 23.6 Å². The Hall–Kier alpha value is -3.50. The lowest BCUT2D eigenvalue weighted by Crippen LogP contribution is -2.71. The van der Waals surface area contributed by atoms with Crippen molar-refractivity contribution in [2.75, 3.05) is 11.4 Å². The molecule has 0 N–H and O–H groups in total. The number of anilines is 1. The second-order valence-electron chi connectivity index (χ2n) is 14.5. The summed E-state index contributed by atoms with van der Waals surface area (Å²) >= 11 is 0. The van der Waals surface area contributed by atoms with E-state index >= 15 is 0 Å². The average molecular weight is 596 g/mol.